The van der Waals surface area contributed by atoms with E-state index < -0.39 is 0 Å². The molecular formula is C16H12ClN3O. The van der Waals surface area contributed by atoms with Crippen molar-refractivity contribution in [3.8, 4) is 11.3 Å². The van der Waals surface area contributed by atoms with Crippen molar-refractivity contribution in [2.24, 2.45) is 5.10 Å². The van der Waals surface area contributed by atoms with Crippen LogP contribution in [-0.4, -0.2) is 11.2 Å². The number of nitrogens with zero attached hydrogens (tertiary/aromatic N) is 2. The second-order valence-corrected chi connectivity index (χ2v) is 4.80. The minimum absolute atomic E-state index is 0.711. The maximum Gasteiger partial charge on any atom is 0.181 e. The molecule has 0 aliphatic carbocycles. The minimum Gasteiger partial charge on any atom is -0.444 e. The zero-order valence-corrected chi connectivity index (χ0v) is 11.8. The average Bonchev–Trinajstić information content (AvgIpc) is 3.04. The summed E-state index contributed by atoms with van der Waals surface area (Å²) in [5, 5.41) is 4.89. The van der Waals surface area contributed by atoms with Gasteiger partial charge in [-0.25, -0.2) is 4.98 Å². The lowest BCUT2D eigenvalue weighted by Gasteiger charge is -2.01. The third kappa shape index (κ3) is 3.49. The number of hydrazone groups is 1. The number of oxazole rings is 1. The average molecular weight is 298 g/mol. The summed E-state index contributed by atoms with van der Waals surface area (Å²) >= 11 is 5.83. The summed E-state index contributed by atoms with van der Waals surface area (Å²) in [7, 11) is 0. The fourth-order valence-corrected chi connectivity index (χ4v) is 1.92. The van der Waals surface area contributed by atoms with Crippen molar-refractivity contribution in [2.75, 3.05) is 5.43 Å². The molecule has 0 fully saturated rings. The van der Waals surface area contributed by atoms with Crippen LogP contribution in [0.2, 0.25) is 5.02 Å². The lowest BCUT2D eigenvalue weighted by atomic mass is 10.2. The second-order valence-electron chi connectivity index (χ2n) is 4.36. The van der Waals surface area contributed by atoms with Crippen molar-refractivity contribution in [1.29, 1.82) is 0 Å². The van der Waals surface area contributed by atoms with Gasteiger partial charge in [0, 0.05) is 10.6 Å². The van der Waals surface area contributed by atoms with Crippen LogP contribution in [0.5, 0.6) is 0 Å². The summed E-state index contributed by atoms with van der Waals surface area (Å²) in [6.07, 6.45) is 4.83. The Morgan fingerprint density at radius 1 is 1.05 bits per heavy atom. The van der Waals surface area contributed by atoms with Gasteiger partial charge in [0.05, 0.1) is 18.1 Å². The molecule has 0 bridgehead atoms. The third-order valence-corrected chi connectivity index (χ3v) is 3.13. The number of halogens is 1. The highest BCUT2D eigenvalue weighted by atomic mass is 35.5. The molecule has 104 valence electrons. The molecule has 0 spiro atoms. The van der Waals surface area contributed by atoms with Gasteiger partial charge in [-0.1, -0.05) is 23.7 Å². The van der Waals surface area contributed by atoms with E-state index in [9.17, 15) is 0 Å². The zero-order chi connectivity index (χ0) is 14.5. The first-order chi connectivity index (χ1) is 10.3. The number of anilines is 1. The SMILES string of the molecule is Clc1ccc(/C=N/Nc2ccc(-c3cnco3)cc2)cc1. The van der Waals surface area contributed by atoms with Crippen molar-refractivity contribution >= 4 is 23.5 Å². The summed E-state index contributed by atoms with van der Waals surface area (Å²) in [4.78, 5) is 3.90. The number of hydrogen-bond donors (Lipinski definition) is 1. The molecule has 5 heteroatoms. The van der Waals surface area contributed by atoms with Crippen molar-refractivity contribution in [3.05, 3.63) is 71.7 Å². The molecule has 1 aromatic heterocycles. The predicted octanol–water partition coefficient (Wildman–Crippen LogP) is 4.44. The summed E-state index contributed by atoms with van der Waals surface area (Å²) in [5.74, 6) is 0.742. The molecule has 0 aliphatic heterocycles. The largest absolute Gasteiger partial charge is 0.444 e. The topological polar surface area (TPSA) is 50.4 Å². The molecule has 21 heavy (non-hydrogen) atoms. The van der Waals surface area contributed by atoms with Gasteiger partial charge in [-0.3, -0.25) is 5.43 Å². The highest BCUT2D eigenvalue weighted by molar-refractivity contribution is 6.30. The van der Waals surface area contributed by atoms with E-state index in [0.717, 1.165) is 22.6 Å². The predicted molar refractivity (Wildman–Crippen MR) is 84.6 cm³/mol. The van der Waals surface area contributed by atoms with Crippen LogP contribution in [0.4, 0.5) is 5.69 Å². The molecule has 1 heterocycles. The first-order valence-corrected chi connectivity index (χ1v) is 6.73. The van der Waals surface area contributed by atoms with Crippen molar-refractivity contribution in [1.82, 2.24) is 4.98 Å². The second kappa shape index (κ2) is 6.24. The van der Waals surface area contributed by atoms with Crippen LogP contribution in [0, 0.1) is 0 Å². The van der Waals surface area contributed by atoms with Gasteiger partial charge >= 0.3 is 0 Å². The van der Waals surface area contributed by atoms with Crippen LogP contribution in [0.15, 0.2) is 70.6 Å². The Morgan fingerprint density at radius 3 is 2.48 bits per heavy atom. The highest BCUT2D eigenvalue weighted by Crippen LogP contribution is 2.20. The fourth-order valence-electron chi connectivity index (χ4n) is 1.80. The molecule has 4 nitrogen and oxygen atoms in total. The van der Waals surface area contributed by atoms with E-state index in [2.05, 4.69) is 15.5 Å². The van der Waals surface area contributed by atoms with Crippen LogP contribution >= 0.6 is 11.6 Å². The molecule has 0 radical (unpaired) electrons. The number of nitrogens with one attached hydrogen (secondary N) is 1. The molecule has 3 rings (SSSR count). The van der Waals surface area contributed by atoms with Crippen LogP contribution < -0.4 is 5.43 Å². The first-order valence-electron chi connectivity index (χ1n) is 6.35. The standard InChI is InChI=1S/C16H12ClN3O/c17-14-5-1-12(2-6-14)9-19-20-15-7-3-13(4-8-15)16-10-18-11-21-16/h1-11,20H/b19-9+. The van der Waals surface area contributed by atoms with E-state index in [0.29, 0.717) is 5.02 Å². The van der Waals surface area contributed by atoms with Crippen LogP contribution in [-0.2, 0) is 0 Å². The lowest BCUT2D eigenvalue weighted by Crippen LogP contribution is -1.90. The summed E-state index contributed by atoms with van der Waals surface area (Å²) < 4.78 is 5.24. The molecule has 0 aliphatic rings. The maximum atomic E-state index is 5.83. The maximum absolute atomic E-state index is 5.83. The van der Waals surface area contributed by atoms with E-state index in [1.807, 2.05) is 48.5 Å². The Hall–Kier alpha value is -2.59. The Morgan fingerprint density at radius 2 is 1.81 bits per heavy atom. The zero-order valence-electron chi connectivity index (χ0n) is 11.0. The molecule has 0 atom stereocenters. The van der Waals surface area contributed by atoms with Crippen LogP contribution in [0.3, 0.4) is 0 Å². The monoisotopic (exact) mass is 297 g/mol. The number of hydrogen-bond acceptors (Lipinski definition) is 4. The Labute approximate surface area is 127 Å². The Bertz CT molecular complexity index is 719. The van der Waals surface area contributed by atoms with Gasteiger partial charge in [0.2, 0.25) is 0 Å². The van der Waals surface area contributed by atoms with Gasteiger partial charge < -0.3 is 4.42 Å². The summed E-state index contributed by atoms with van der Waals surface area (Å²) in [6.45, 7) is 0. The Balaban J connectivity index is 1.64. The van der Waals surface area contributed by atoms with E-state index in [1.54, 1.807) is 12.4 Å². The summed E-state index contributed by atoms with van der Waals surface area (Å²) in [6, 6.07) is 15.2. The first kappa shape index (κ1) is 13.4. The summed E-state index contributed by atoms with van der Waals surface area (Å²) in [5.41, 5.74) is 5.81. The molecular weight excluding hydrogens is 286 g/mol. The molecule has 0 saturated heterocycles. The quantitative estimate of drug-likeness (QED) is 0.572. The normalized spacial score (nSPS) is 10.9. The lowest BCUT2D eigenvalue weighted by molar-refractivity contribution is 0.572. The molecule has 1 N–H and O–H groups in total. The fraction of sp³-hybridized carbons (Fsp3) is 0. The van der Waals surface area contributed by atoms with Crippen LogP contribution in [0.25, 0.3) is 11.3 Å². The van der Waals surface area contributed by atoms with E-state index in [-0.39, 0.29) is 0 Å². The van der Waals surface area contributed by atoms with Gasteiger partial charge in [-0.15, -0.1) is 0 Å². The van der Waals surface area contributed by atoms with E-state index in [1.165, 1.54) is 6.39 Å². The number of rotatable bonds is 4. The Kier molecular flexibility index (Phi) is 3.98. The van der Waals surface area contributed by atoms with Gasteiger partial charge in [0.1, 0.15) is 0 Å². The van der Waals surface area contributed by atoms with E-state index in [4.69, 9.17) is 16.0 Å². The minimum atomic E-state index is 0.711. The van der Waals surface area contributed by atoms with Crippen molar-refractivity contribution < 1.29 is 4.42 Å². The molecule has 0 saturated carbocycles. The molecule has 2 aromatic carbocycles. The molecule has 0 unspecified atom stereocenters. The number of aromatic nitrogens is 1. The van der Waals surface area contributed by atoms with E-state index >= 15 is 0 Å². The highest BCUT2D eigenvalue weighted by Gasteiger charge is 2.00. The smallest absolute Gasteiger partial charge is 0.181 e. The number of benzene rings is 2. The van der Waals surface area contributed by atoms with Crippen molar-refractivity contribution in [3.63, 3.8) is 0 Å². The molecule has 0 amide bonds. The van der Waals surface area contributed by atoms with Gasteiger partial charge in [-0.2, -0.15) is 5.10 Å². The van der Waals surface area contributed by atoms with Crippen molar-refractivity contribution in [2.45, 2.75) is 0 Å². The van der Waals surface area contributed by atoms with Gasteiger partial charge in [0.15, 0.2) is 12.2 Å². The van der Waals surface area contributed by atoms with Crippen LogP contribution in [0.1, 0.15) is 5.56 Å². The molecule has 3 aromatic rings. The van der Waals surface area contributed by atoms with Gasteiger partial charge in [0.25, 0.3) is 0 Å². The third-order valence-electron chi connectivity index (χ3n) is 2.88. The van der Waals surface area contributed by atoms with Gasteiger partial charge in [-0.05, 0) is 42.0 Å².